The van der Waals surface area contributed by atoms with E-state index in [9.17, 15) is 0 Å². The Morgan fingerprint density at radius 2 is 2.23 bits per heavy atom. The van der Waals surface area contributed by atoms with Gasteiger partial charge in [0.25, 0.3) is 0 Å². The number of benzene rings is 1. The summed E-state index contributed by atoms with van der Waals surface area (Å²) in [4.78, 5) is 0. The number of methoxy groups -OCH3 is 1. The molecule has 4 nitrogen and oxygen atoms in total. The minimum Gasteiger partial charge on any atom is -0.497 e. The Balaban J connectivity index is 2.91. The Hall–Kier alpha value is -1.71. The van der Waals surface area contributed by atoms with Crippen molar-refractivity contribution in [3.63, 3.8) is 0 Å². The molecule has 1 aromatic carbocycles. The highest BCUT2D eigenvalue weighted by atomic mass is 16.5. The first-order chi connectivity index (χ1) is 6.13. The molecular formula is C9H13N3O. The fraction of sp³-hybridized carbons (Fsp3) is 0.222. The second-order valence-corrected chi connectivity index (χ2v) is 2.72. The molecule has 1 rings (SSSR count). The zero-order valence-corrected chi connectivity index (χ0v) is 7.72. The van der Waals surface area contributed by atoms with Crippen molar-refractivity contribution in [3.05, 3.63) is 23.8 Å². The molecule has 13 heavy (non-hydrogen) atoms. The third-order valence-electron chi connectivity index (χ3n) is 1.70. The Kier molecular flexibility index (Phi) is 2.74. The summed E-state index contributed by atoms with van der Waals surface area (Å²) >= 11 is 0. The van der Waals surface area contributed by atoms with Crippen molar-refractivity contribution in [2.24, 2.45) is 5.73 Å². The molecule has 0 saturated carbocycles. The van der Waals surface area contributed by atoms with Crippen LogP contribution in [0.15, 0.2) is 18.2 Å². The van der Waals surface area contributed by atoms with Gasteiger partial charge in [0.1, 0.15) is 5.75 Å². The molecule has 0 saturated heterocycles. The summed E-state index contributed by atoms with van der Waals surface area (Å²) < 4.78 is 5.04. The molecule has 0 aliphatic heterocycles. The topological polar surface area (TPSA) is 71.1 Å². The van der Waals surface area contributed by atoms with Crippen molar-refractivity contribution in [2.45, 2.75) is 6.92 Å². The zero-order chi connectivity index (χ0) is 9.84. The van der Waals surface area contributed by atoms with Gasteiger partial charge in [-0.3, -0.25) is 5.41 Å². The lowest BCUT2D eigenvalue weighted by molar-refractivity contribution is 0.414. The van der Waals surface area contributed by atoms with Crippen LogP contribution in [0.4, 0.5) is 5.69 Å². The van der Waals surface area contributed by atoms with Gasteiger partial charge in [0.05, 0.1) is 7.11 Å². The van der Waals surface area contributed by atoms with Crippen molar-refractivity contribution in [2.75, 3.05) is 12.4 Å². The Bertz CT molecular complexity index is 323. The van der Waals surface area contributed by atoms with E-state index in [1.165, 1.54) is 0 Å². The monoisotopic (exact) mass is 179 g/mol. The Morgan fingerprint density at radius 1 is 1.54 bits per heavy atom. The minimum atomic E-state index is -0.0618. The standard InChI is InChI=1S/C9H13N3O/c1-6-5-7(13-2)3-4-8(6)12-9(10)11/h3-5H,1-2H3,(H4,10,11,12). The number of nitrogens with two attached hydrogens (primary N) is 1. The van der Waals surface area contributed by atoms with E-state index in [1.807, 2.05) is 25.1 Å². The van der Waals surface area contributed by atoms with Crippen molar-refractivity contribution in [1.29, 1.82) is 5.41 Å². The number of ether oxygens (including phenoxy) is 1. The van der Waals surface area contributed by atoms with Gasteiger partial charge in [-0.25, -0.2) is 0 Å². The summed E-state index contributed by atoms with van der Waals surface area (Å²) in [5.74, 6) is 0.736. The molecule has 0 bridgehead atoms. The molecule has 0 amide bonds. The van der Waals surface area contributed by atoms with E-state index in [4.69, 9.17) is 15.9 Å². The molecular weight excluding hydrogens is 166 g/mol. The van der Waals surface area contributed by atoms with Crippen LogP contribution in [0.3, 0.4) is 0 Å². The zero-order valence-electron chi connectivity index (χ0n) is 7.72. The Labute approximate surface area is 77.2 Å². The lowest BCUT2D eigenvalue weighted by Gasteiger charge is -2.08. The smallest absolute Gasteiger partial charge is 0.190 e. The molecule has 0 atom stereocenters. The molecule has 1 aromatic rings. The van der Waals surface area contributed by atoms with E-state index >= 15 is 0 Å². The average Bonchev–Trinajstić information content (AvgIpc) is 2.08. The number of hydrogen-bond donors (Lipinski definition) is 3. The summed E-state index contributed by atoms with van der Waals surface area (Å²) in [6.45, 7) is 1.92. The number of rotatable bonds is 2. The van der Waals surface area contributed by atoms with Gasteiger partial charge in [-0.05, 0) is 30.7 Å². The fourth-order valence-electron chi connectivity index (χ4n) is 1.05. The van der Waals surface area contributed by atoms with Crippen molar-refractivity contribution in [1.82, 2.24) is 0 Å². The highest BCUT2D eigenvalue weighted by Gasteiger charge is 1.99. The molecule has 0 aliphatic rings. The number of hydrogen-bond acceptors (Lipinski definition) is 2. The van der Waals surface area contributed by atoms with E-state index in [0.717, 1.165) is 17.0 Å². The van der Waals surface area contributed by atoms with Gasteiger partial charge >= 0.3 is 0 Å². The maximum absolute atomic E-state index is 7.06. The van der Waals surface area contributed by atoms with Crippen LogP contribution in [0.2, 0.25) is 0 Å². The van der Waals surface area contributed by atoms with E-state index < -0.39 is 0 Å². The van der Waals surface area contributed by atoms with Gasteiger partial charge in [0.2, 0.25) is 0 Å². The molecule has 0 unspecified atom stereocenters. The summed E-state index contributed by atoms with van der Waals surface area (Å²) in [5.41, 5.74) is 7.03. The molecule has 0 radical (unpaired) electrons. The minimum absolute atomic E-state index is 0.0618. The maximum Gasteiger partial charge on any atom is 0.190 e. The van der Waals surface area contributed by atoms with Gasteiger partial charge in [0, 0.05) is 5.69 Å². The molecule has 0 heterocycles. The van der Waals surface area contributed by atoms with Crippen LogP contribution in [-0.2, 0) is 0 Å². The second kappa shape index (κ2) is 3.80. The van der Waals surface area contributed by atoms with E-state index in [1.54, 1.807) is 7.11 Å². The van der Waals surface area contributed by atoms with Crippen LogP contribution in [0.25, 0.3) is 0 Å². The van der Waals surface area contributed by atoms with E-state index in [2.05, 4.69) is 5.32 Å². The van der Waals surface area contributed by atoms with Crippen LogP contribution < -0.4 is 15.8 Å². The molecule has 4 N–H and O–H groups in total. The SMILES string of the molecule is COc1ccc(NC(=N)N)c(C)c1. The predicted molar refractivity (Wildman–Crippen MR) is 53.3 cm³/mol. The summed E-state index contributed by atoms with van der Waals surface area (Å²) in [6.07, 6.45) is 0. The fourth-order valence-corrected chi connectivity index (χ4v) is 1.05. The highest BCUT2D eigenvalue weighted by Crippen LogP contribution is 2.20. The van der Waals surface area contributed by atoms with Crippen molar-refractivity contribution in [3.8, 4) is 5.75 Å². The van der Waals surface area contributed by atoms with Gasteiger partial charge in [-0.1, -0.05) is 0 Å². The lowest BCUT2D eigenvalue weighted by Crippen LogP contribution is -2.20. The predicted octanol–water partition coefficient (Wildman–Crippen LogP) is 1.31. The van der Waals surface area contributed by atoms with Crippen LogP contribution in [0, 0.1) is 12.3 Å². The van der Waals surface area contributed by atoms with Gasteiger partial charge in [0.15, 0.2) is 5.96 Å². The average molecular weight is 179 g/mol. The third kappa shape index (κ3) is 2.37. The van der Waals surface area contributed by atoms with Crippen molar-refractivity contribution < 1.29 is 4.74 Å². The first-order valence-electron chi connectivity index (χ1n) is 3.89. The largest absolute Gasteiger partial charge is 0.497 e. The van der Waals surface area contributed by atoms with Crippen LogP contribution in [0.5, 0.6) is 5.75 Å². The molecule has 0 aromatic heterocycles. The van der Waals surface area contributed by atoms with Gasteiger partial charge in [-0.15, -0.1) is 0 Å². The molecule has 0 aliphatic carbocycles. The molecule has 4 heteroatoms. The molecule has 70 valence electrons. The molecule has 0 spiro atoms. The summed E-state index contributed by atoms with van der Waals surface area (Å²) in [5, 5.41) is 9.79. The number of anilines is 1. The quantitative estimate of drug-likeness (QED) is 0.473. The second-order valence-electron chi connectivity index (χ2n) is 2.72. The van der Waals surface area contributed by atoms with Crippen LogP contribution in [-0.4, -0.2) is 13.1 Å². The number of nitrogens with one attached hydrogen (secondary N) is 2. The summed E-state index contributed by atoms with van der Waals surface area (Å²) in [6, 6.07) is 5.53. The van der Waals surface area contributed by atoms with Gasteiger partial charge < -0.3 is 15.8 Å². The van der Waals surface area contributed by atoms with E-state index in [0.29, 0.717) is 0 Å². The number of guanidine groups is 1. The Morgan fingerprint density at radius 3 is 2.69 bits per heavy atom. The van der Waals surface area contributed by atoms with E-state index in [-0.39, 0.29) is 5.96 Å². The van der Waals surface area contributed by atoms with Crippen LogP contribution in [0.1, 0.15) is 5.56 Å². The molecule has 0 fully saturated rings. The first kappa shape index (κ1) is 9.38. The van der Waals surface area contributed by atoms with Gasteiger partial charge in [-0.2, -0.15) is 0 Å². The lowest BCUT2D eigenvalue weighted by atomic mass is 10.2. The maximum atomic E-state index is 7.06. The highest BCUT2D eigenvalue weighted by molar-refractivity contribution is 5.90. The normalized spacial score (nSPS) is 9.38. The van der Waals surface area contributed by atoms with Crippen LogP contribution >= 0.6 is 0 Å². The van der Waals surface area contributed by atoms with Crippen molar-refractivity contribution >= 4 is 11.6 Å². The summed E-state index contributed by atoms with van der Waals surface area (Å²) in [7, 11) is 1.62. The first-order valence-corrected chi connectivity index (χ1v) is 3.89. The third-order valence-corrected chi connectivity index (χ3v) is 1.70. The number of aryl methyl sites for hydroxylation is 1.